The molecule has 1 heterocycles. The summed E-state index contributed by atoms with van der Waals surface area (Å²) in [6.45, 7) is 2.27. The van der Waals surface area contributed by atoms with Crippen molar-refractivity contribution in [1.82, 2.24) is 4.90 Å². The molecule has 1 amide bonds. The minimum Gasteiger partial charge on any atom is -0.336 e. The van der Waals surface area contributed by atoms with Gasteiger partial charge in [0.15, 0.2) is 0 Å². The van der Waals surface area contributed by atoms with Crippen LogP contribution in [0.5, 0.6) is 0 Å². The number of likely N-dealkylation sites (tertiary alicyclic amines) is 1. The monoisotopic (exact) mass is 304 g/mol. The van der Waals surface area contributed by atoms with Crippen LogP contribution in [0.3, 0.4) is 0 Å². The Labute approximate surface area is 115 Å². The molecule has 1 aliphatic heterocycles. The summed E-state index contributed by atoms with van der Waals surface area (Å²) in [5, 5.41) is 4.84. The van der Waals surface area contributed by atoms with Crippen molar-refractivity contribution in [2.24, 2.45) is 5.14 Å². The maximum atomic E-state index is 13.7. The highest BCUT2D eigenvalue weighted by molar-refractivity contribution is 7.89. The lowest BCUT2D eigenvalue weighted by Gasteiger charge is -2.22. The van der Waals surface area contributed by atoms with E-state index in [1.165, 1.54) is 4.90 Å². The fourth-order valence-electron chi connectivity index (χ4n) is 2.30. The molecule has 2 rings (SSSR count). The number of amides is 1. The van der Waals surface area contributed by atoms with E-state index in [0.717, 1.165) is 12.8 Å². The fraction of sp³-hybridized carbons (Fsp3) is 0.417. The Morgan fingerprint density at radius 1 is 1.35 bits per heavy atom. The zero-order valence-corrected chi connectivity index (χ0v) is 11.6. The van der Waals surface area contributed by atoms with Gasteiger partial charge in [-0.2, -0.15) is 0 Å². The van der Waals surface area contributed by atoms with Crippen molar-refractivity contribution in [1.29, 1.82) is 0 Å². The smallest absolute Gasteiger partial charge is 0.257 e. The summed E-state index contributed by atoms with van der Waals surface area (Å²) in [7, 11) is -4.36. The van der Waals surface area contributed by atoms with Crippen molar-refractivity contribution < 1.29 is 22.0 Å². The number of sulfonamides is 1. The number of hydrogen-bond acceptors (Lipinski definition) is 3. The van der Waals surface area contributed by atoms with Crippen molar-refractivity contribution in [3.05, 3.63) is 29.3 Å². The van der Waals surface area contributed by atoms with Gasteiger partial charge in [0.05, 0.1) is 5.56 Å². The normalized spacial score (nSPS) is 19.4. The van der Waals surface area contributed by atoms with Crippen LogP contribution in [0.1, 0.15) is 30.1 Å². The molecule has 20 heavy (non-hydrogen) atoms. The fourth-order valence-corrected chi connectivity index (χ4v) is 2.91. The Bertz CT molecular complexity index is 661. The van der Waals surface area contributed by atoms with Crippen LogP contribution in [0.15, 0.2) is 17.0 Å². The summed E-state index contributed by atoms with van der Waals surface area (Å²) in [6, 6.07) is 0.964. The summed E-state index contributed by atoms with van der Waals surface area (Å²) < 4.78 is 49.6. The third-order valence-electron chi connectivity index (χ3n) is 3.37. The van der Waals surface area contributed by atoms with Crippen LogP contribution in [0.4, 0.5) is 8.78 Å². The SMILES string of the molecule is CC1CCCN1C(=O)c1cc(S(N)(=O)=O)c(F)cc1F. The predicted octanol–water partition coefficient (Wildman–Crippen LogP) is 1.24. The molecule has 0 bridgehead atoms. The van der Waals surface area contributed by atoms with Gasteiger partial charge >= 0.3 is 0 Å². The maximum absolute atomic E-state index is 13.7. The lowest BCUT2D eigenvalue weighted by Crippen LogP contribution is -2.34. The minimum absolute atomic E-state index is 0.0649. The van der Waals surface area contributed by atoms with E-state index in [-0.39, 0.29) is 6.04 Å². The second-order valence-electron chi connectivity index (χ2n) is 4.80. The highest BCUT2D eigenvalue weighted by Gasteiger charge is 2.29. The molecule has 1 fully saturated rings. The van der Waals surface area contributed by atoms with Crippen LogP contribution < -0.4 is 5.14 Å². The van der Waals surface area contributed by atoms with E-state index >= 15 is 0 Å². The van der Waals surface area contributed by atoms with E-state index in [1.54, 1.807) is 0 Å². The van der Waals surface area contributed by atoms with E-state index in [1.807, 2.05) is 6.92 Å². The minimum atomic E-state index is -4.36. The predicted molar refractivity (Wildman–Crippen MR) is 67.5 cm³/mol. The number of benzene rings is 1. The molecular formula is C12H14F2N2O3S. The van der Waals surface area contributed by atoms with E-state index in [0.29, 0.717) is 18.7 Å². The molecule has 1 aliphatic rings. The topological polar surface area (TPSA) is 80.5 Å². The number of carbonyl (C=O) groups excluding carboxylic acids is 1. The summed E-state index contributed by atoms with van der Waals surface area (Å²) in [6.07, 6.45) is 1.58. The van der Waals surface area contributed by atoms with Gasteiger partial charge in [-0.3, -0.25) is 4.79 Å². The van der Waals surface area contributed by atoms with Gasteiger partial charge in [-0.05, 0) is 25.8 Å². The molecule has 1 saturated heterocycles. The van der Waals surface area contributed by atoms with Crippen molar-refractivity contribution in [2.75, 3.05) is 6.54 Å². The van der Waals surface area contributed by atoms with Gasteiger partial charge in [-0.25, -0.2) is 22.3 Å². The number of halogens is 2. The van der Waals surface area contributed by atoms with Gasteiger partial charge in [0.25, 0.3) is 5.91 Å². The first-order valence-corrected chi connectivity index (χ1v) is 7.59. The number of rotatable bonds is 2. The second-order valence-corrected chi connectivity index (χ2v) is 6.33. The number of nitrogens with zero attached hydrogens (tertiary/aromatic N) is 1. The molecule has 0 saturated carbocycles. The summed E-state index contributed by atoms with van der Waals surface area (Å²) >= 11 is 0. The maximum Gasteiger partial charge on any atom is 0.257 e. The van der Waals surface area contributed by atoms with Gasteiger partial charge in [0, 0.05) is 18.7 Å². The van der Waals surface area contributed by atoms with Gasteiger partial charge in [-0.1, -0.05) is 0 Å². The first-order chi connectivity index (χ1) is 9.21. The Morgan fingerprint density at radius 2 is 2.00 bits per heavy atom. The van der Waals surface area contributed by atoms with E-state index < -0.39 is 38.0 Å². The summed E-state index contributed by atoms with van der Waals surface area (Å²) in [4.78, 5) is 12.7. The quantitative estimate of drug-likeness (QED) is 0.892. The first-order valence-electron chi connectivity index (χ1n) is 6.04. The standard InChI is InChI=1S/C12H14F2N2O3S/c1-7-3-2-4-16(7)12(17)8-5-11(20(15,18)19)10(14)6-9(8)13/h5-7H,2-4H2,1H3,(H2,15,18,19). The number of nitrogens with two attached hydrogens (primary N) is 1. The van der Waals surface area contributed by atoms with Crippen LogP contribution in [-0.2, 0) is 10.0 Å². The molecule has 1 unspecified atom stereocenters. The molecule has 110 valence electrons. The molecule has 1 aromatic carbocycles. The Kier molecular flexibility index (Phi) is 3.79. The Morgan fingerprint density at radius 3 is 2.50 bits per heavy atom. The number of hydrogen-bond donors (Lipinski definition) is 1. The molecule has 8 heteroatoms. The molecule has 0 aromatic heterocycles. The molecular weight excluding hydrogens is 290 g/mol. The zero-order chi connectivity index (χ0) is 15.1. The van der Waals surface area contributed by atoms with Crippen LogP contribution in [0.2, 0.25) is 0 Å². The largest absolute Gasteiger partial charge is 0.336 e. The van der Waals surface area contributed by atoms with Crippen LogP contribution in [0, 0.1) is 11.6 Å². The van der Waals surface area contributed by atoms with Gasteiger partial charge in [0.1, 0.15) is 16.5 Å². The third kappa shape index (κ3) is 2.66. The van der Waals surface area contributed by atoms with Crippen LogP contribution >= 0.6 is 0 Å². The van der Waals surface area contributed by atoms with Crippen molar-refractivity contribution in [2.45, 2.75) is 30.7 Å². The highest BCUT2D eigenvalue weighted by Crippen LogP contribution is 2.24. The highest BCUT2D eigenvalue weighted by atomic mass is 32.2. The Balaban J connectivity index is 2.49. The molecule has 0 radical (unpaired) electrons. The van der Waals surface area contributed by atoms with Gasteiger partial charge in [-0.15, -0.1) is 0 Å². The van der Waals surface area contributed by atoms with E-state index in [9.17, 15) is 22.0 Å². The first kappa shape index (κ1) is 14.9. The Hall–Kier alpha value is -1.54. The molecule has 0 aliphatic carbocycles. The van der Waals surface area contributed by atoms with Crippen LogP contribution in [0.25, 0.3) is 0 Å². The summed E-state index contributed by atoms with van der Waals surface area (Å²) in [5.74, 6) is -3.06. The lowest BCUT2D eigenvalue weighted by molar-refractivity contribution is 0.0742. The number of primary sulfonamides is 1. The summed E-state index contributed by atoms with van der Waals surface area (Å²) in [5.41, 5.74) is -0.482. The van der Waals surface area contributed by atoms with Crippen molar-refractivity contribution >= 4 is 15.9 Å². The lowest BCUT2D eigenvalue weighted by atomic mass is 10.1. The van der Waals surface area contributed by atoms with E-state index in [4.69, 9.17) is 5.14 Å². The van der Waals surface area contributed by atoms with Crippen LogP contribution in [-0.4, -0.2) is 31.8 Å². The molecule has 2 N–H and O–H groups in total. The average molecular weight is 304 g/mol. The molecule has 1 atom stereocenters. The van der Waals surface area contributed by atoms with Crippen molar-refractivity contribution in [3.63, 3.8) is 0 Å². The molecule has 0 spiro atoms. The van der Waals surface area contributed by atoms with Gasteiger partial charge < -0.3 is 4.90 Å². The zero-order valence-electron chi connectivity index (χ0n) is 10.8. The average Bonchev–Trinajstić information content (AvgIpc) is 2.73. The molecule has 5 nitrogen and oxygen atoms in total. The van der Waals surface area contributed by atoms with Crippen molar-refractivity contribution in [3.8, 4) is 0 Å². The van der Waals surface area contributed by atoms with Gasteiger partial charge in [0.2, 0.25) is 10.0 Å². The van der Waals surface area contributed by atoms with E-state index in [2.05, 4.69) is 0 Å². The molecule has 1 aromatic rings. The second kappa shape index (κ2) is 5.10. The number of carbonyl (C=O) groups is 1. The third-order valence-corrected chi connectivity index (χ3v) is 4.30.